The van der Waals surface area contributed by atoms with E-state index in [-0.39, 0.29) is 18.8 Å². The van der Waals surface area contributed by atoms with E-state index in [4.69, 9.17) is 9.47 Å². The molecule has 0 amide bonds. The fraction of sp³-hybridized carbons (Fsp3) is 0.692. The SMILES string of the molecule is COc1cnn(CCN(C)C)c1C(=O)CCOCC(F)F. The number of halogens is 2. The number of alkyl halides is 2. The summed E-state index contributed by atoms with van der Waals surface area (Å²) in [6.45, 7) is 0.539. The molecular formula is C13H21F2N3O3. The minimum absolute atomic E-state index is 0.0107. The lowest BCUT2D eigenvalue weighted by Gasteiger charge is -2.12. The molecule has 1 rings (SSSR count). The Morgan fingerprint density at radius 2 is 2.19 bits per heavy atom. The predicted octanol–water partition coefficient (Wildman–Crippen LogP) is 1.31. The van der Waals surface area contributed by atoms with Crippen LogP contribution in [-0.4, -0.2) is 67.9 Å². The van der Waals surface area contributed by atoms with Gasteiger partial charge in [-0.25, -0.2) is 8.78 Å². The number of hydrogen-bond donors (Lipinski definition) is 0. The van der Waals surface area contributed by atoms with Crippen LogP contribution in [0.25, 0.3) is 0 Å². The number of methoxy groups -OCH3 is 1. The molecule has 1 aromatic heterocycles. The van der Waals surface area contributed by atoms with Crippen LogP contribution in [0.5, 0.6) is 5.75 Å². The fourth-order valence-electron chi connectivity index (χ4n) is 1.72. The fourth-order valence-corrected chi connectivity index (χ4v) is 1.72. The van der Waals surface area contributed by atoms with Gasteiger partial charge in [-0.15, -0.1) is 0 Å². The van der Waals surface area contributed by atoms with E-state index in [9.17, 15) is 13.6 Å². The van der Waals surface area contributed by atoms with Crippen molar-refractivity contribution in [3.63, 3.8) is 0 Å². The van der Waals surface area contributed by atoms with Gasteiger partial charge in [0.05, 0.1) is 26.5 Å². The van der Waals surface area contributed by atoms with Gasteiger partial charge in [0.2, 0.25) is 0 Å². The van der Waals surface area contributed by atoms with Crippen molar-refractivity contribution in [1.82, 2.24) is 14.7 Å². The molecule has 0 aromatic carbocycles. The Labute approximate surface area is 122 Å². The van der Waals surface area contributed by atoms with E-state index >= 15 is 0 Å². The average Bonchev–Trinajstić information content (AvgIpc) is 2.83. The molecule has 0 atom stereocenters. The Morgan fingerprint density at radius 1 is 1.48 bits per heavy atom. The maximum Gasteiger partial charge on any atom is 0.261 e. The molecule has 0 bridgehead atoms. The highest BCUT2D eigenvalue weighted by Crippen LogP contribution is 2.19. The molecule has 8 heteroatoms. The van der Waals surface area contributed by atoms with Crippen molar-refractivity contribution in [1.29, 1.82) is 0 Å². The Balaban J connectivity index is 2.65. The summed E-state index contributed by atoms with van der Waals surface area (Å²) in [5.74, 6) is 0.144. The zero-order chi connectivity index (χ0) is 15.8. The lowest BCUT2D eigenvalue weighted by Crippen LogP contribution is -2.22. The zero-order valence-corrected chi connectivity index (χ0v) is 12.5. The molecule has 1 aromatic rings. The highest BCUT2D eigenvalue weighted by atomic mass is 19.3. The molecule has 0 spiro atoms. The molecule has 0 unspecified atom stereocenters. The second-order valence-electron chi connectivity index (χ2n) is 4.73. The van der Waals surface area contributed by atoms with Crippen LogP contribution >= 0.6 is 0 Å². The maximum atomic E-state index is 12.2. The Kier molecular flexibility index (Phi) is 7.24. The van der Waals surface area contributed by atoms with Crippen molar-refractivity contribution in [2.75, 3.05) is 41.0 Å². The van der Waals surface area contributed by atoms with Gasteiger partial charge in [0.15, 0.2) is 11.5 Å². The summed E-state index contributed by atoms with van der Waals surface area (Å²) in [5, 5.41) is 4.12. The molecule has 21 heavy (non-hydrogen) atoms. The van der Waals surface area contributed by atoms with E-state index in [1.165, 1.54) is 13.3 Å². The van der Waals surface area contributed by atoms with Crippen molar-refractivity contribution in [3.05, 3.63) is 11.9 Å². The molecule has 0 radical (unpaired) electrons. The van der Waals surface area contributed by atoms with Crippen LogP contribution in [0.1, 0.15) is 16.9 Å². The molecule has 6 nitrogen and oxygen atoms in total. The molecule has 120 valence electrons. The van der Waals surface area contributed by atoms with E-state index in [0.717, 1.165) is 0 Å². The van der Waals surface area contributed by atoms with Crippen molar-refractivity contribution >= 4 is 5.78 Å². The first-order chi connectivity index (χ1) is 9.95. The van der Waals surface area contributed by atoms with Crippen LogP contribution in [0.4, 0.5) is 8.78 Å². The smallest absolute Gasteiger partial charge is 0.261 e. The van der Waals surface area contributed by atoms with Crippen LogP contribution < -0.4 is 4.74 Å². The number of likely N-dealkylation sites (N-methyl/N-ethyl adjacent to an activating group) is 1. The van der Waals surface area contributed by atoms with Gasteiger partial charge in [-0.05, 0) is 14.1 Å². The molecule has 1 heterocycles. The first-order valence-electron chi connectivity index (χ1n) is 6.59. The van der Waals surface area contributed by atoms with E-state index in [2.05, 4.69) is 5.10 Å². The largest absolute Gasteiger partial charge is 0.493 e. The monoisotopic (exact) mass is 305 g/mol. The molecular weight excluding hydrogens is 284 g/mol. The summed E-state index contributed by atoms with van der Waals surface area (Å²) < 4.78 is 35.3. The van der Waals surface area contributed by atoms with Crippen LogP contribution in [0, 0.1) is 0 Å². The van der Waals surface area contributed by atoms with Crippen LogP contribution in [-0.2, 0) is 11.3 Å². The molecule has 0 saturated carbocycles. The van der Waals surface area contributed by atoms with Gasteiger partial charge in [0, 0.05) is 13.0 Å². The topological polar surface area (TPSA) is 56.6 Å². The number of Topliss-reactive ketones (excluding diaryl/α,β-unsaturated/α-hetero) is 1. The number of nitrogens with zero attached hydrogens (tertiary/aromatic N) is 3. The molecule has 0 saturated heterocycles. The Morgan fingerprint density at radius 3 is 2.76 bits per heavy atom. The van der Waals surface area contributed by atoms with Gasteiger partial charge in [0.1, 0.15) is 12.3 Å². The van der Waals surface area contributed by atoms with Gasteiger partial charge >= 0.3 is 0 Å². The van der Waals surface area contributed by atoms with Crippen molar-refractivity contribution in [2.24, 2.45) is 0 Å². The number of aromatic nitrogens is 2. The number of carbonyl (C=O) groups is 1. The highest BCUT2D eigenvalue weighted by Gasteiger charge is 2.19. The van der Waals surface area contributed by atoms with Gasteiger partial charge in [-0.3, -0.25) is 9.48 Å². The van der Waals surface area contributed by atoms with Crippen molar-refractivity contribution in [3.8, 4) is 5.75 Å². The summed E-state index contributed by atoms with van der Waals surface area (Å²) >= 11 is 0. The number of ether oxygens (including phenoxy) is 2. The quantitative estimate of drug-likeness (QED) is 0.482. The van der Waals surface area contributed by atoms with E-state index < -0.39 is 13.0 Å². The van der Waals surface area contributed by atoms with Crippen LogP contribution in [0.15, 0.2) is 6.20 Å². The third kappa shape index (κ3) is 5.76. The maximum absolute atomic E-state index is 12.2. The number of hydrogen-bond acceptors (Lipinski definition) is 5. The normalized spacial score (nSPS) is 11.4. The molecule has 0 N–H and O–H groups in total. The van der Waals surface area contributed by atoms with E-state index in [1.807, 2.05) is 19.0 Å². The summed E-state index contributed by atoms with van der Waals surface area (Å²) in [6, 6.07) is 0. The van der Waals surface area contributed by atoms with Gasteiger partial charge in [-0.2, -0.15) is 5.10 Å². The summed E-state index contributed by atoms with van der Waals surface area (Å²) in [6.07, 6.45) is -1.04. The van der Waals surface area contributed by atoms with E-state index in [0.29, 0.717) is 24.5 Å². The number of rotatable bonds is 10. The van der Waals surface area contributed by atoms with Gasteiger partial charge < -0.3 is 14.4 Å². The minimum Gasteiger partial charge on any atom is -0.493 e. The second kappa shape index (κ2) is 8.68. The third-order valence-electron chi connectivity index (χ3n) is 2.77. The number of ketones is 1. The first-order valence-corrected chi connectivity index (χ1v) is 6.59. The lowest BCUT2D eigenvalue weighted by atomic mass is 10.2. The second-order valence-corrected chi connectivity index (χ2v) is 4.73. The predicted molar refractivity (Wildman–Crippen MR) is 73.1 cm³/mol. The Hall–Kier alpha value is -1.54. The average molecular weight is 305 g/mol. The van der Waals surface area contributed by atoms with Gasteiger partial charge in [-0.1, -0.05) is 0 Å². The van der Waals surface area contributed by atoms with Gasteiger partial charge in [0.25, 0.3) is 6.43 Å². The molecule has 0 fully saturated rings. The van der Waals surface area contributed by atoms with Crippen molar-refractivity contribution in [2.45, 2.75) is 19.4 Å². The minimum atomic E-state index is -2.53. The lowest BCUT2D eigenvalue weighted by molar-refractivity contribution is 0.0168. The third-order valence-corrected chi connectivity index (χ3v) is 2.77. The molecule has 0 aliphatic heterocycles. The summed E-state index contributed by atoms with van der Waals surface area (Å²) in [7, 11) is 5.29. The standard InChI is InChI=1S/C13H21F2N3O3/c1-17(2)5-6-18-13(11(20-3)8-16-18)10(19)4-7-21-9-12(14)15/h8,12H,4-7,9H2,1-3H3. The summed E-state index contributed by atoms with van der Waals surface area (Å²) in [4.78, 5) is 14.1. The van der Waals surface area contributed by atoms with Crippen LogP contribution in [0.2, 0.25) is 0 Å². The first kappa shape index (κ1) is 17.5. The zero-order valence-electron chi connectivity index (χ0n) is 12.5. The molecule has 0 aliphatic rings. The Bertz CT molecular complexity index is 450. The van der Waals surface area contributed by atoms with E-state index in [1.54, 1.807) is 4.68 Å². The van der Waals surface area contributed by atoms with Crippen molar-refractivity contribution < 1.29 is 23.0 Å². The highest BCUT2D eigenvalue weighted by molar-refractivity contribution is 5.97. The number of carbonyl (C=O) groups excluding carboxylic acids is 1. The summed E-state index contributed by atoms with van der Waals surface area (Å²) in [5.41, 5.74) is 0.347. The molecule has 0 aliphatic carbocycles. The van der Waals surface area contributed by atoms with Crippen LogP contribution in [0.3, 0.4) is 0 Å².